The highest BCUT2D eigenvalue weighted by atomic mass is 16.5. The summed E-state index contributed by atoms with van der Waals surface area (Å²) < 4.78 is 6.08. The van der Waals surface area contributed by atoms with Crippen LogP contribution >= 0.6 is 0 Å². The summed E-state index contributed by atoms with van der Waals surface area (Å²) in [7, 11) is 0. The van der Waals surface area contributed by atoms with Crippen LogP contribution in [0.25, 0.3) is 0 Å². The van der Waals surface area contributed by atoms with E-state index < -0.39 is 0 Å². The third kappa shape index (κ3) is 2.85. The van der Waals surface area contributed by atoms with Crippen LogP contribution in [-0.4, -0.2) is 24.8 Å². The Balaban J connectivity index is 2.08. The Labute approximate surface area is 107 Å². The van der Waals surface area contributed by atoms with E-state index >= 15 is 0 Å². The Kier molecular flexibility index (Phi) is 3.57. The molecule has 2 aliphatic rings. The van der Waals surface area contributed by atoms with Crippen molar-refractivity contribution in [2.45, 2.75) is 65.5 Å². The first-order chi connectivity index (χ1) is 7.85. The standard InChI is InChI=1S/C15H29NO/c1-11(2)15(10-16-14(3,4)5)8-9-17-13(15)12-6-7-12/h11-13,16H,6-10H2,1-5H3. The Morgan fingerprint density at radius 3 is 2.41 bits per heavy atom. The fourth-order valence-corrected chi connectivity index (χ4v) is 3.13. The predicted octanol–water partition coefficient (Wildman–Crippen LogP) is 3.22. The van der Waals surface area contributed by atoms with E-state index in [2.05, 4.69) is 39.9 Å². The van der Waals surface area contributed by atoms with Crippen LogP contribution < -0.4 is 5.32 Å². The van der Waals surface area contributed by atoms with Crippen LogP contribution in [0.3, 0.4) is 0 Å². The van der Waals surface area contributed by atoms with Gasteiger partial charge in [-0.2, -0.15) is 0 Å². The van der Waals surface area contributed by atoms with E-state index in [1.165, 1.54) is 19.3 Å². The predicted molar refractivity (Wildman–Crippen MR) is 72.1 cm³/mol. The first-order valence-corrected chi connectivity index (χ1v) is 7.22. The van der Waals surface area contributed by atoms with E-state index in [9.17, 15) is 0 Å². The molecule has 1 N–H and O–H groups in total. The highest BCUT2D eigenvalue weighted by Gasteiger charge is 2.52. The van der Waals surface area contributed by atoms with Crippen molar-refractivity contribution >= 4 is 0 Å². The maximum absolute atomic E-state index is 6.08. The third-order valence-electron chi connectivity index (χ3n) is 4.58. The quantitative estimate of drug-likeness (QED) is 0.813. The summed E-state index contributed by atoms with van der Waals surface area (Å²) in [6.45, 7) is 13.6. The molecule has 0 aromatic carbocycles. The monoisotopic (exact) mass is 239 g/mol. The van der Waals surface area contributed by atoms with E-state index in [0.717, 1.165) is 19.1 Å². The molecule has 2 unspecified atom stereocenters. The van der Waals surface area contributed by atoms with Gasteiger partial charge >= 0.3 is 0 Å². The number of nitrogens with one attached hydrogen (secondary N) is 1. The topological polar surface area (TPSA) is 21.3 Å². The van der Waals surface area contributed by atoms with Crippen LogP contribution in [0.5, 0.6) is 0 Å². The van der Waals surface area contributed by atoms with Gasteiger partial charge in [0.25, 0.3) is 0 Å². The van der Waals surface area contributed by atoms with Gasteiger partial charge in [0.2, 0.25) is 0 Å². The molecule has 2 rings (SSSR count). The van der Waals surface area contributed by atoms with Gasteiger partial charge in [0.05, 0.1) is 6.10 Å². The van der Waals surface area contributed by atoms with Gasteiger partial charge in [-0.05, 0) is 51.9 Å². The van der Waals surface area contributed by atoms with Gasteiger partial charge in [-0.3, -0.25) is 0 Å². The van der Waals surface area contributed by atoms with Gasteiger partial charge < -0.3 is 10.1 Å². The fraction of sp³-hybridized carbons (Fsp3) is 1.00. The van der Waals surface area contributed by atoms with Gasteiger partial charge in [-0.25, -0.2) is 0 Å². The summed E-state index contributed by atoms with van der Waals surface area (Å²) in [5.74, 6) is 1.55. The molecule has 100 valence electrons. The molecular formula is C15H29NO. The van der Waals surface area contributed by atoms with Crippen LogP contribution in [0.2, 0.25) is 0 Å². The zero-order chi connectivity index (χ0) is 12.7. The zero-order valence-corrected chi connectivity index (χ0v) is 12.2. The first-order valence-electron chi connectivity index (χ1n) is 7.22. The van der Waals surface area contributed by atoms with Crippen molar-refractivity contribution in [1.82, 2.24) is 5.32 Å². The molecule has 2 atom stereocenters. The second-order valence-corrected chi connectivity index (χ2v) is 7.37. The molecule has 2 fully saturated rings. The lowest BCUT2D eigenvalue weighted by Gasteiger charge is -2.40. The lowest BCUT2D eigenvalue weighted by molar-refractivity contribution is 0.00460. The molecule has 0 bridgehead atoms. The molecule has 0 radical (unpaired) electrons. The third-order valence-corrected chi connectivity index (χ3v) is 4.58. The molecule has 2 nitrogen and oxygen atoms in total. The molecule has 0 aromatic rings. The fourth-order valence-electron chi connectivity index (χ4n) is 3.13. The van der Waals surface area contributed by atoms with E-state index in [1.807, 2.05) is 0 Å². The van der Waals surface area contributed by atoms with Crippen molar-refractivity contribution in [3.63, 3.8) is 0 Å². The van der Waals surface area contributed by atoms with Crippen molar-refractivity contribution in [2.75, 3.05) is 13.2 Å². The van der Waals surface area contributed by atoms with E-state index in [-0.39, 0.29) is 5.54 Å². The molecule has 1 heterocycles. The van der Waals surface area contributed by atoms with Gasteiger partial charge in [-0.15, -0.1) is 0 Å². The van der Waals surface area contributed by atoms with Crippen LogP contribution in [0, 0.1) is 17.3 Å². The summed E-state index contributed by atoms with van der Waals surface area (Å²) in [5, 5.41) is 3.72. The maximum atomic E-state index is 6.08. The second-order valence-electron chi connectivity index (χ2n) is 7.37. The average Bonchev–Trinajstić information content (AvgIpc) is 2.94. The summed E-state index contributed by atoms with van der Waals surface area (Å²) in [4.78, 5) is 0. The van der Waals surface area contributed by atoms with E-state index in [4.69, 9.17) is 4.74 Å². The number of rotatable bonds is 4. The molecule has 0 aromatic heterocycles. The average molecular weight is 239 g/mol. The number of ether oxygens (including phenoxy) is 1. The maximum Gasteiger partial charge on any atom is 0.0674 e. The Hall–Kier alpha value is -0.0800. The Bertz CT molecular complexity index is 265. The minimum atomic E-state index is 0.207. The minimum absolute atomic E-state index is 0.207. The molecule has 0 amide bonds. The van der Waals surface area contributed by atoms with Crippen LogP contribution in [0.15, 0.2) is 0 Å². The Morgan fingerprint density at radius 1 is 1.29 bits per heavy atom. The summed E-state index contributed by atoms with van der Waals surface area (Å²) >= 11 is 0. The van der Waals surface area contributed by atoms with Crippen molar-refractivity contribution < 1.29 is 4.74 Å². The van der Waals surface area contributed by atoms with Gasteiger partial charge in [-0.1, -0.05) is 13.8 Å². The van der Waals surface area contributed by atoms with E-state index in [0.29, 0.717) is 17.4 Å². The van der Waals surface area contributed by atoms with Gasteiger partial charge in [0, 0.05) is 24.1 Å². The van der Waals surface area contributed by atoms with Crippen molar-refractivity contribution in [3.05, 3.63) is 0 Å². The number of hydrogen-bond acceptors (Lipinski definition) is 2. The Morgan fingerprint density at radius 2 is 1.94 bits per heavy atom. The van der Waals surface area contributed by atoms with Gasteiger partial charge in [0.1, 0.15) is 0 Å². The largest absolute Gasteiger partial charge is 0.377 e. The minimum Gasteiger partial charge on any atom is -0.377 e. The van der Waals surface area contributed by atoms with Crippen molar-refractivity contribution in [3.8, 4) is 0 Å². The highest BCUT2D eigenvalue weighted by Crippen LogP contribution is 2.51. The van der Waals surface area contributed by atoms with Crippen LogP contribution in [-0.2, 0) is 4.74 Å². The second kappa shape index (κ2) is 4.55. The molecule has 2 heteroatoms. The van der Waals surface area contributed by atoms with Crippen molar-refractivity contribution in [2.24, 2.45) is 17.3 Å². The lowest BCUT2D eigenvalue weighted by Crippen LogP contribution is -2.50. The highest BCUT2D eigenvalue weighted by molar-refractivity contribution is 5.02. The molecule has 1 aliphatic heterocycles. The van der Waals surface area contributed by atoms with Crippen molar-refractivity contribution in [1.29, 1.82) is 0 Å². The summed E-state index contributed by atoms with van der Waals surface area (Å²) in [6.07, 6.45) is 4.51. The van der Waals surface area contributed by atoms with E-state index in [1.54, 1.807) is 0 Å². The normalized spacial score (nSPS) is 34.6. The number of hydrogen-bond donors (Lipinski definition) is 1. The molecule has 0 spiro atoms. The molecule has 1 saturated heterocycles. The molecular weight excluding hydrogens is 210 g/mol. The first kappa shape index (κ1) is 13.4. The summed E-state index contributed by atoms with van der Waals surface area (Å²) in [6, 6.07) is 0. The summed E-state index contributed by atoms with van der Waals surface area (Å²) in [5.41, 5.74) is 0.576. The molecule has 17 heavy (non-hydrogen) atoms. The molecule has 1 aliphatic carbocycles. The smallest absolute Gasteiger partial charge is 0.0674 e. The van der Waals surface area contributed by atoms with Crippen LogP contribution in [0.1, 0.15) is 53.9 Å². The zero-order valence-electron chi connectivity index (χ0n) is 12.2. The van der Waals surface area contributed by atoms with Crippen LogP contribution in [0.4, 0.5) is 0 Å². The van der Waals surface area contributed by atoms with Gasteiger partial charge in [0.15, 0.2) is 0 Å². The SMILES string of the molecule is CC(C)C1(CNC(C)(C)C)CCOC1C1CC1. The molecule has 1 saturated carbocycles. The lowest BCUT2D eigenvalue weighted by atomic mass is 9.70.